The molecule has 9 heteroatoms. The van der Waals surface area contributed by atoms with Gasteiger partial charge >= 0.3 is 0 Å². The van der Waals surface area contributed by atoms with E-state index in [0.717, 1.165) is 85.5 Å². The lowest BCUT2D eigenvalue weighted by Crippen LogP contribution is -2.43. The van der Waals surface area contributed by atoms with Gasteiger partial charge in [0.25, 0.3) is 11.8 Å². The summed E-state index contributed by atoms with van der Waals surface area (Å²) < 4.78 is 13.3. The fourth-order valence-corrected chi connectivity index (χ4v) is 6.22. The maximum Gasteiger partial charge on any atom is 0.280 e. The second-order valence-corrected chi connectivity index (χ2v) is 10.6. The van der Waals surface area contributed by atoms with Crippen LogP contribution in [0, 0.1) is 0 Å². The monoisotopic (exact) mass is 539 g/mol. The van der Waals surface area contributed by atoms with Crippen LogP contribution in [0.5, 0.6) is 0 Å². The highest BCUT2D eigenvalue weighted by Crippen LogP contribution is 2.41. The highest BCUT2D eigenvalue weighted by molar-refractivity contribution is 6.30. The zero-order valence-corrected chi connectivity index (χ0v) is 22.6. The van der Waals surface area contributed by atoms with Crippen LogP contribution in [0.3, 0.4) is 0 Å². The predicted octanol–water partition coefficient (Wildman–Crippen LogP) is 3.12. The summed E-state index contributed by atoms with van der Waals surface area (Å²) >= 11 is 0. The normalized spacial score (nSPS) is 18.8. The van der Waals surface area contributed by atoms with Gasteiger partial charge in [-0.2, -0.15) is 0 Å². The fourth-order valence-electron chi connectivity index (χ4n) is 6.22. The molecule has 0 bridgehead atoms. The van der Waals surface area contributed by atoms with Crippen LogP contribution >= 0.6 is 0 Å². The molecule has 3 aliphatic rings. The van der Waals surface area contributed by atoms with Gasteiger partial charge in [0.05, 0.1) is 43.2 Å². The average molecular weight is 540 g/mol. The van der Waals surface area contributed by atoms with Gasteiger partial charge in [0.1, 0.15) is 5.69 Å². The molecule has 2 amide bonds. The Morgan fingerprint density at radius 1 is 0.675 bits per heavy atom. The number of rotatable bonds is 7. The van der Waals surface area contributed by atoms with Crippen molar-refractivity contribution in [1.82, 2.24) is 24.3 Å². The van der Waals surface area contributed by atoms with E-state index in [9.17, 15) is 9.59 Å². The van der Waals surface area contributed by atoms with Gasteiger partial charge in [-0.25, -0.2) is 4.98 Å². The number of pyridine rings is 1. The molecule has 3 aliphatic heterocycles. The first-order chi connectivity index (χ1) is 19.7. The molecule has 2 aromatic carbocycles. The van der Waals surface area contributed by atoms with Crippen LogP contribution in [-0.4, -0.2) is 108 Å². The number of hydrogen-bond donors (Lipinski definition) is 0. The van der Waals surface area contributed by atoms with Crippen molar-refractivity contribution in [2.24, 2.45) is 0 Å². The van der Waals surface area contributed by atoms with Gasteiger partial charge in [-0.15, -0.1) is 0 Å². The molecule has 0 atom stereocenters. The Bertz CT molecular complexity index is 1570. The Morgan fingerprint density at radius 3 is 2.00 bits per heavy atom. The molecule has 7 rings (SSSR count). The van der Waals surface area contributed by atoms with Gasteiger partial charge in [0.2, 0.25) is 0 Å². The molecule has 0 radical (unpaired) electrons. The van der Waals surface area contributed by atoms with E-state index in [0.29, 0.717) is 31.9 Å². The van der Waals surface area contributed by atoms with E-state index < -0.39 is 0 Å². The standard InChI is InChI=1S/C31H33N5O4/c37-30-26-25-23-8-4-5-9-24(23)35(12-10-33-14-18-39-19-15-33)29(25)27(22-6-2-1-3-7-22)32-28(26)31(38)36(30)13-11-34-16-20-40-21-17-34/h1-9H,10-21H2. The Balaban J connectivity index is 1.37. The largest absolute Gasteiger partial charge is 0.379 e. The van der Waals surface area contributed by atoms with Crippen molar-refractivity contribution in [3.63, 3.8) is 0 Å². The van der Waals surface area contributed by atoms with Crippen LogP contribution in [0.1, 0.15) is 20.8 Å². The molecule has 0 unspecified atom stereocenters. The van der Waals surface area contributed by atoms with Crippen molar-refractivity contribution < 1.29 is 19.1 Å². The lowest BCUT2D eigenvalue weighted by Gasteiger charge is -2.27. The van der Waals surface area contributed by atoms with Gasteiger partial charge in [0.15, 0.2) is 0 Å². The first kappa shape index (κ1) is 25.3. The van der Waals surface area contributed by atoms with E-state index in [1.807, 2.05) is 42.5 Å². The maximum atomic E-state index is 14.0. The molecule has 0 N–H and O–H groups in total. The zero-order valence-electron chi connectivity index (χ0n) is 22.6. The molecule has 0 aliphatic carbocycles. The lowest BCUT2D eigenvalue weighted by atomic mass is 10.0. The van der Waals surface area contributed by atoms with E-state index >= 15 is 0 Å². The molecular weight excluding hydrogens is 506 g/mol. The number of carbonyl (C=O) groups is 2. The van der Waals surface area contributed by atoms with E-state index in [4.69, 9.17) is 14.5 Å². The van der Waals surface area contributed by atoms with Crippen LogP contribution in [0.4, 0.5) is 0 Å². The molecule has 0 saturated carbocycles. The number of para-hydroxylation sites is 1. The van der Waals surface area contributed by atoms with Crippen molar-refractivity contribution in [3.8, 4) is 11.3 Å². The number of hydrogen-bond acceptors (Lipinski definition) is 7. The smallest absolute Gasteiger partial charge is 0.280 e. The van der Waals surface area contributed by atoms with Crippen LogP contribution < -0.4 is 0 Å². The van der Waals surface area contributed by atoms with Crippen molar-refractivity contribution in [2.75, 3.05) is 72.2 Å². The Hall–Kier alpha value is -3.63. The number of imide groups is 1. The number of carbonyl (C=O) groups excluding carboxylic acids is 2. The summed E-state index contributed by atoms with van der Waals surface area (Å²) in [5.74, 6) is -0.557. The molecule has 2 fully saturated rings. The quantitative estimate of drug-likeness (QED) is 0.334. The van der Waals surface area contributed by atoms with Gasteiger partial charge in [-0.1, -0.05) is 48.5 Å². The molecule has 2 aromatic heterocycles. The molecular formula is C31H33N5O4. The van der Waals surface area contributed by atoms with E-state index in [1.54, 1.807) is 0 Å². The lowest BCUT2D eigenvalue weighted by molar-refractivity contribution is 0.0324. The molecule has 2 saturated heterocycles. The minimum Gasteiger partial charge on any atom is -0.379 e. The number of nitrogens with zero attached hydrogens (tertiary/aromatic N) is 5. The second-order valence-electron chi connectivity index (χ2n) is 10.6. The summed E-state index contributed by atoms with van der Waals surface area (Å²) in [7, 11) is 0. The van der Waals surface area contributed by atoms with E-state index in [1.165, 1.54) is 4.90 Å². The summed E-state index contributed by atoms with van der Waals surface area (Å²) in [5.41, 5.74) is 4.32. The summed E-state index contributed by atoms with van der Waals surface area (Å²) in [4.78, 5) is 38.8. The Labute approximate surface area is 232 Å². The third-order valence-electron chi connectivity index (χ3n) is 8.35. The van der Waals surface area contributed by atoms with Crippen LogP contribution in [0.25, 0.3) is 33.1 Å². The Morgan fingerprint density at radius 2 is 1.30 bits per heavy atom. The third-order valence-corrected chi connectivity index (χ3v) is 8.35. The van der Waals surface area contributed by atoms with Gasteiger partial charge in [0, 0.05) is 74.2 Å². The number of ether oxygens (including phenoxy) is 2. The number of benzene rings is 2. The Kier molecular flexibility index (Phi) is 6.81. The summed E-state index contributed by atoms with van der Waals surface area (Å²) in [6, 6.07) is 18.2. The summed E-state index contributed by atoms with van der Waals surface area (Å²) in [6.45, 7) is 8.83. The highest BCUT2D eigenvalue weighted by atomic mass is 16.5. The van der Waals surface area contributed by atoms with Gasteiger partial charge in [-0.3, -0.25) is 24.3 Å². The molecule has 40 heavy (non-hydrogen) atoms. The minimum atomic E-state index is -0.308. The van der Waals surface area contributed by atoms with Crippen LogP contribution in [0.15, 0.2) is 54.6 Å². The molecule has 206 valence electrons. The van der Waals surface area contributed by atoms with Crippen LogP contribution in [-0.2, 0) is 16.0 Å². The third kappa shape index (κ3) is 4.39. The number of aromatic nitrogens is 2. The zero-order chi connectivity index (χ0) is 27.1. The molecule has 4 aromatic rings. The van der Waals surface area contributed by atoms with Crippen molar-refractivity contribution >= 4 is 33.6 Å². The topological polar surface area (TPSA) is 80.1 Å². The van der Waals surface area contributed by atoms with E-state index in [-0.39, 0.29) is 17.5 Å². The van der Waals surface area contributed by atoms with Crippen molar-refractivity contribution in [3.05, 3.63) is 65.9 Å². The SMILES string of the molecule is O=C1c2nc(-c3ccccc3)c3c(c2C(=O)N1CCN1CCOCC1)c1ccccc1n3CCN1CCOCC1. The van der Waals surface area contributed by atoms with Crippen molar-refractivity contribution in [2.45, 2.75) is 6.54 Å². The molecule has 5 heterocycles. The molecule has 0 spiro atoms. The van der Waals surface area contributed by atoms with Crippen molar-refractivity contribution in [1.29, 1.82) is 0 Å². The first-order valence-electron chi connectivity index (χ1n) is 14.2. The maximum absolute atomic E-state index is 14.0. The minimum absolute atomic E-state index is 0.249. The summed E-state index contributed by atoms with van der Waals surface area (Å²) in [6.07, 6.45) is 0. The second kappa shape index (κ2) is 10.7. The van der Waals surface area contributed by atoms with Crippen LogP contribution in [0.2, 0.25) is 0 Å². The number of morpholine rings is 2. The average Bonchev–Trinajstić information content (AvgIpc) is 3.46. The number of amides is 2. The van der Waals surface area contributed by atoms with Gasteiger partial charge < -0.3 is 14.0 Å². The summed E-state index contributed by atoms with van der Waals surface area (Å²) in [5, 5.41) is 1.81. The first-order valence-corrected chi connectivity index (χ1v) is 14.2. The fraction of sp³-hybridized carbons (Fsp3) is 0.387. The number of fused-ring (bicyclic) bond motifs is 5. The van der Waals surface area contributed by atoms with Gasteiger partial charge in [-0.05, 0) is 6.07 Å². The predicted molar refractivity (Wildman–Crippen MR) is 153 cm³/mol. The molecule has 9 nitrogen and oxygen atoms in total. The highest BCUT2D eigenvalue weighted by Gasteiger charge is 2.41. The van der Waals surface area contributed by atoms with E-state index in [2.05, 4.69) is 26.5 Å².